The largest absolute Gasteiger partial charge is 0.481 e. The molecule has 0 radical (unpaired) electrons. The zero-order valence-corrected chi connectivity index (χ0v) is 55.2. The molecule has 514 valence electrons. The first-order valence-electron chi connectivity index (χ1n) is 32.0. The number of carboxylic acid groups (broad SMARTS) is 2. The number of piperidine rings is 1. The molecule has 3 heterocycles. The average molecular weight is 1390 g/mol. The Bertz CT molecular complexity index is 3180. The van der Waals surface area contributed by atoms with Gasteiger partial charge in [0.2, 0.25) is 45.5 Å². The quantitative estimate of drug-likeness (QED) is 0.0286. The molecule has 1 saturated heterocycles. The van der Waals surface area contributed by atoms with Crippen molar-refractivity contribution in [1.82, 2.24) is 45.7 Å². The number of aromatic nitrogens is 3. The van der Waals surface area contributed by atoms with Crippen LogP contribution in [0, 0.1) is 12.3 Å². The van der Waals surface area contributed by atoms with Gasteiger partial charge in [-0.25, -0.2) is 22.9 Å². The number of nitrogens with one attached hydrogen (secondary N) is 6. The second kappa shape index (κ2) is 38.2. The lowest BCUT2D eigenvalue weighted by molar-refractivity contribution is -0.142. The van der Waals surface area contributed by atoms with Crippen LogP contribution >= 0.6 is 15.9 Å². The van der Waals surface area contributed by atoms with Crippen molar-refractivity contribution in [1.29, 1.82) is 0 Å². The molecule has 10 N–H and O–H groups in total. The normalized spacial score (nSPS) is 16.9. The number of amides is 8. The van der Waals surface area contributed by atoms with Crippen LogP contribution in [0.15, 0.2) is 34.9 Å². The van der Waals surface area contributed by atoms with Crippen molar-refractivity contribution in [2.24, 2.45) is 11.1 Å². The maximum atomic E-state index is 14.5. The van der Waals surface area contributed by atoms with Crippen LogP contribution in [0.5, 0.6) is 0 Å². The van der Waals surface area contributed by atoms with E-state index in [1.54, 1.807) is 19.1 Å². The van der Waals surface area contributed by atoms with Crippen LogP contribution in [-0.2, 0) is 73.9 Å². The van der Waals surface area contributed by atoms with E-state index in [1.807, 2.05) is 0 Å². The summed E-state index contributed by atoms with van der Waals surface area (Å²) in [6.07, 6.45) is 16.6. The summed E-state index contributed by atoms with van der Waals surface area (Å²) in [6, 6.07) is 4.78. The summed E-state index contributed by atoms with van der Waals surface area (Å²) in [5.41, 5.74) is 5.50. The summed E-state index contributed by atoms with van der Waals surface area (Å²) in [5.74, 6) is -6.17. The van der Waals surface area contributed by atoms with Gasteiger partial charge in [0.05, 0.1) is 50.4 Å². The highest BCUT2D eigenvalue weighted by atomic mass is 79.9. The number of carbonyl (C=O) groups is 10. The number of aryl methyl sites for hydroxylation is 1. The van der Waals surface area contributed by atoms with Gasteiger partial charge in [0.15, 0.2) is 5.69 Å². The predicted octanol–water partition coefficient (Wildman–Crippen LogP) is 3.91. The maximum absolute atomic E-state index is 14.5. The number of carbonyl (C=O) groups excluding carboxylic acids is 8. The average Bonchev–Trinajstić information content (AvgIpc) is 1.54. The molecule has 29 nitrogen and oxygen atoms in total. The number of fused-ring (bicyclic) bond motifs is 2. The van der Waals surface area contributed by atoms with Gasteiger partial charge in [-0.05, 0) is 97.6 Å². The Labute approximate surface area is 549 Å². The number of benzene rings is 1. The molecule has 0 unspecified atom stereocenters. The van der Waals surface area contributed by atoms with E-state index in [-0.39, 0.29) is 144 Å². The van der Waals surface area contributed by atoms with Gasteiger partial charge in [0.25, 0.3) is 11.8 Å². The molecule has 3 fully saturated rings. The third-order valence-electron chi connectivity index (χ3n) is 16.4. The number of aliphatic carboxylic acids is 2. The van der Waals surface area contributed by atoms with E-state index in [1.165, 1.54) is 59.9 Å². The smallest absolute Gasteiger partial charge is 0.326 e. The van der Waals surface area contributed by atoms with Gasteiger partial charge in [0.1, 0.15) is 42.3 Å². The van der Waals surface area contributed by atoms with E-state index < -0.39 is 92.7 Å². The number of halogens is 1. The third-order valence-corrected chi connectivity index (χ3v) is 18.6. The number of anilines is 1. The van der Waals surface area contributed by atoms with Gasteiger partial charge in [-0.15, -0.1) is 0 Å². The van der Waals surface area contributed by atoms with E-state index in [2.05, 4.69) is 57.3 Å². The molecule has 2 aliphatic carbocycles. The van der Waals surface area contributed by atoms with Gasteiger partial charge in [-0.2, -0.15) is 5.10 Å². The van der Waals surface area contributed by atoms with Crippen molar-refractivity contribution in [2.45, 2.75) is 178 Å². The number of nitrogens with two attached hydrogens (primary N) is 1. The third kappa shape index (κ3) is 25.6. The molecule has 1 aliphatic heterocycles. The SMILES string of the molecule is Cc1ccc(Br)nc1NC(=O)[C@@H]1C[C@@]2(CNC(=O)COCCOCCNC(=O)COCCOCCNC(=O)CC[C@H](NC(=O)CCCCCCCCCCCCCCCCC(=O)O)C(=O)O)C[C@H]2N1C(=O)Cn1nc(C(N)=O)c2ccc(C(=O)NS(=O)(=O)C3CC3)cc21. The topological polar surface area (TPSA) is 414 Å². The zero-order chi connectivity index (χ0) is 67.3. The molecule has 2 aromatic heterocycles. The second-order valence-corrected chi connectivity index (χ2v) is 26.6. The van der Waals surface area contributed by atoms with Crippen molar-refractivity contribution in [3.8, 4) is 0 Å². The minimum absolute atomic E-state index is 0.0545. The molecule has 3 aliphatic rings. The Hall–Kier alpha value is -7.19. The molecule has 6 rings (SSSR count). The van der Waals surface area contributed by atoms with Gasteiger partial charge >= 0.3 is 11.9 Å². The van der Waals surface area contributed by atoms with Crippen molar-refractivity contribution >= 4 is 102 Å². The number of sulfonamides is 1. The van der Waals surface area contributed by atoms with E-state index in [0.717, 1.165) is 51.4 Å². The number of primary amides is 1. The fourth-order valence-corrected chi connectivity index (χ4v) is 12.6. The van der Waals surface area contributed by atoms with Crippen LogP contribution in [0.1, 0.15) is 168 Å². The highest BCUT2D eigenvalue weighted by molar-refractivity contribution is 9.10. The van der Waals surface area contributed by atoms with E-state index in [0.29, 0.717) is 35.8 Å². The van der Waals surface area contributed by atoms with Gasteiger partial charge in [-0.1, -0.05) is 83.1 Å². The minimum Gasteiger partial charge on any atom is -0.481 e. The minimum atomic E-state index is -3.90. The number of hydrogen-bond acceptors (Lipinski definition) is 18. The number of nitrogens with zero attached hydrogens (tertiary/aromatic N) is 4. The first kappa shape index (κ1) is 74.8. The summed E-state index contributed by atoms with van der Waals surface area (Å²) in [7, 11) is -3.90. The molecule has 2 saturated carbocycles. The Morgan fingerprint density at radius 1 is 0.699 bits per heavy atom. The lowest BCUT2D eigenvalue weighted by Crippen LogP contribution is -2.47. The Morgan fingerprint density at radius 2 is 1.27 bits per heavy atom. The van der Waals surface area contributed by atoms with Gasteiger partial charge in [-0.3, -0.25) is 47.8 Å². The second-order valence-electron chi connectivity index (χ2n) is 23.8. The highest BCUT2D eigenvalue weighted by Gasteiger charge is 2.67. The lowest BCUT2D eigenvalue weighted by atomic mass is 9.99. The predicted molar refractivity (Wildman–Crippen MR) is 342 cm³/mol. The van der Waals surface area contributed by atoms with Crippen molar-refractivity contribution in [2.75, 3.05) is 77.8 Å². The highest BCUT2D eigenvalue weighted by Crippen LogP contribution is 2.59. The monoisotopic (exact) mass is 1390 g/mol. The Morgan fingerprint density at radius 3 is 1.85 bits per heavy atom. The number of rotatable bonds is 48. The van der Waals surface area contributed by atoms with Crippen LogP contribution in [0.2, 0.25) is 0 Å². The molecule has 1 aromatic carbocycles. The van der Waals surface area contributed by atoms with Crippen LogP contribution in [0.25, 0.3) is 10.9 Å². The molecular formula is C62H90BrN11O18S. The fraction of sp³-hybridized carbons (Fsp3) is 0.645. The number of hydrogen-bond donors (Lipinski definition) is 9. The molecule has 0 bridgehead atoms. The van der Waals surface area contributed by atoms with Gasteiger partial charge in [0, 0.05) is 61.3 Å². The van der Waals surface area contributed by atoms with Crippen LogP contribution < -0.4 is 37.0 Å². The molecule has 0 spiro atoms. The lowest BCUT2D eigenvalue weighted by Gasteiger charge is -2.27. The van der Waals surface area contributed by atoms with E-state index in [9.17, 15) is 61.5 Å². The molecule has 3 aromatic rings. The zero-order valence-electron chi connectivity index (χ0n) is 52.8. The number of pyridine rings is 1. The molecule has 31 heteroatoms. The molecule has 4 atom stereocenters. The van der Waals surface area contributed by atoms with Crippen LogP contribution in [0.4, 0.5) is 5.82 Å². The summed E-state index contributed by atoms with van der Waals surface area (Å²) >= 11 is 3.32. The van der Waals surface area contributed by atoms with Crippen LogP contribution in [0.3, 0.4) is 0 Å². The molecule has 93 heavy (non-hydrogen) atoms. The first-order chi connectivity index (χ1) is 44.6. The maximum Gasteiger partial charge on any atom is 0.326 e. The standard InChI is InChI=1S/C62H90BrN11O18S/c1-41-18-24-49(63)69-58(41)70-60(84)47-35-62(36-48(62)74(47)54(79)37-73-46-34-42(19-22-44(46)56(71-73)57(64)82)59(83)72-93(87,88)43-20-21-43)40-67-53(78)39-92-33-31-90-29-27-66-52(77)38-91-32-30-89-28-26-65-50(75)25-23-45(61(85)86)68-51(76)16-14-12-10-8-6-4-2-3-5-7-9-11-13-15-17-55(80)81/h18-19,22,24,34,43,45,47-48H,2-17,20-21,23,25-33,35-40H2,1H3,(H2,64,82)(H,65,75)(H,66,77)(H,67,78)(H,68,76)(H,72,83)(H,80,81)(H,85,86)(H,69,70,84)/t45-,47-,48+,62-/m0/s1. The Kier molecular flexibility index (Phi) is 30.8. The molecular weight excluding hydrogens is 1300 g/mol. The molecule has 8 amide bonds. The van der Waals surface area contributed by atoms with Crippen molar-refractivity contribution < 1.29 is 85.5 Å². The van der Waals surface area contributed by atoms with E-state index in [4.69, 9.17) is 29.8 Å². The fourth-order valence-electron chi connectivity index (χ4n) is 11.0. The van der Waals surface area contributed by atoms with Crippen LogP contribution in [-0.4, -0.2) is 193 Å². The van der Waals surface area contributed by atoms with Crippen molar-refractivity contribution in [3.05, 3.63) is 51.8 Å². The summed E-state index contributed by atoms with van der Waals surface area (Å²) < 4.78 is 50.6. The Balaban J connectivity index is 0.784. The number of likely N-dealkylation sites (tertiary alicyclic amines) is 1. The first-order valence-corrected chi connectivity index (χ1v) is 34.4. The summed E-state index contributed by atoms with van der Waals surface area (Å²) in [6.45, 7) is 1.85. The van der Waals surface area contributed by atoms with Gasteiger partial charge < -0.3 is 66.4 Å². The van der Waals surface area contributed by atoms with Crippen molar-refractivity contribution in [3.63, 3.8) is 0 Å². The summed E-state index contributed by atoms with van der Waals surface area (Å²) in [5, 5.41) is 35.7. The number of unbranched alkanes of at least 4 members (excludes halogenated alkanes) is 13. The number of ether oxygens (including phenoxy) is 4. The van der Waals surface area contributed by atoms with E-state index >= 15 is 0 Å². The number of carboxylic acids is 2. The summed E-state index contributed by atoms with van der Waals surface area (Å²) in [4.78, 5) is 132.